The Morgan fingerprint density at radius 1 is 1.50 bits per heavy atom. The van der Waals surface area contributed by atoms with E-state index in [4.69, 9.17) is 15.6 Å². The highest BCUT2D eigenvalue weighted by Gasteiger charge is 2.13. The van der Waals surface area contributed by atoms with Gasteiger partial charge in [-0.3, -0.25) is 0 Å². The molecule has 1 rings (SSSR count). The molecule has 1 atom stereocenters. The van der Waals surface area contributed by atoms with E-state index in [-0.39, 0.29) is 12.4 Å². The Kier molecular flexibility index (Phi) is 3.33. The van der Waals surface area contributed by atoms with Crippen molar-refractivity contribution in [1.82, 2.24) is 0 Å². The van der Waals surface area contributed by atoms with Gasteiger partial charge in [-0.15, -0.1) is 0 Å². The molecule has 0 amide bonds. The number of hydrogen-bond acceptors (Lipinski definition) is 4. The van der Waals surface area contributed by atoms with Crippen LogP contribution < -0.4 is 10.5 Å². The Labute approximate surface area is 82.9 Å². The third-order valence-corrected chi connectivity index (χ3v) is 2.14. The van der Waals surface area contributed by atoms with Crippen molar-refractivity contribution in [3.63, 3.8) is 0 Å². The minimum absolute atomic E-state index is 0.157. The highest BCUT2D eigenvalue weighted by atomic mass is 16.5. The van der Waals surface area contributed by atoms with Gasteiger partial charge in [-0.1, -0.05) is 0 Å². The first-order valence-corrected chi connectivity index (χ1v) is 4.34. The van der Waals surface area contributed by atoms with E-state index in [1.54, 1.807) is 13.0 Å². The Morgan fingerprint density at radius 3 is 2.64 bits per heavy atom. The van der Waals surface area contributed by atoms with Crippen LogP contribution in [-0.2, 0) is 0 Å². The number of benzene rings is 1. The maximum Gasteiger partial charge on any atom is 0.124 e. The summed E-state index contributed by atoms with van der Waals surface area (Å²) in [7, 11) is 1.53. The van der Waals surface area contributed by atoms with Crippen LogP contribution in [0.3, 0.4) is 0 Å². The number of nitrogens with two attached hydrogens (primary N) is 1. The Hall–Kier alpha value is -1.26. The van der Waals surface area contributed by atoms with Crippen molar-refractivity contribution in [2.75, 3.05) is 13.7 Å². The zero-order chi connectivity index (χ0) is 10.7. The van der Waals surface area contributed by atoms with Crippen LogP contribution in [-0.4, -0.2) is 23.9 Å². The number of aliphatic hydroxyl groups is 1. The lowest BCUT2D eigenvalue weighted by atomic mass is 10.0. The molecular formula is C10H15NO3. The topological polar surface area (TPSA) is 75.7 Å². The normalized spacial score (nSPS) is 12.6. The fourth-order valence-electron chi connectivity index (χ4n) is 1.25. The van der Waals surface area contributed by atoms with Crippen LogP contribution in [0.5, 0.6) is 11.5 Å². The second-order valence-electron chi connectivity index (χ2n) is 3.17. The van der Waals surface area contributed by atoms with Crippen molar-refractivity contribution in [2.24, 2.45) is 5.73 Å². The predicted octanol–water partition coefficient (Wildman–Crippen LogP) is 0.701. The second-order valence-corrected chi connectivity index (χ2v) is 3.17. The quantitative estimate of drug-likeness (QED) is 0.666. The van der Waals surface area contributed by atoms with Gasteiger partial charge in [0, 0.05) is 5.56 Å². The number of aryl methyl sites for hydroxylation is 1. The Morgan fingerprint density at radius 2 is 2.14 bits per heavy atom. The van der Waals surface area contributed by atoms with E-state index in [2.05, 4.69) is 0 Å². The molecule has 0 aliphatic carbocycles. The number of methoxy groups -OCH3 is 1. The third-order valence-electron chi connectivity index (χ3n) is 2.14. The first-order chi connectivity index (χ1) is 6.60. The second kappa shape index (κ2) is 4.30. The summed E-state index contributed by atoms with van der Waals surface area (Å²) in [5.41, 5.74) is 6.98. The molecule has 1 aromatic carbocycles. The third kappa shape index (κ3) is 1.97. The van der Waals surface area contributed by atoms with Gasteiger partial charge in [0.25, 0.3) is 0 Å². The molecule has 4 N–H and O–H groups in total. The van der Waals surface area contributed by atoms with Crippen molar-refractivity contribution < 1.29 is 14.9 Å². The molecule has 0 saturated carbocycles. The highest BCUT2D eigenvalue weighted by Crippen LogP contribution is 2.30. The summed E-state index contributed by atoms with van der Waals surface area (Å²) >= 11 is 0. The molecule has 0 aromatic heterocycles. The fourth-order valence-corrected chi connectivity index (χ4v) is 1.25. The molecule has 4 heteroatoms. The number of hydrogen-bond donors (Lipinski definition) is 3. The number of phenols is 1. The van der Waals surface area contributed by atoms with E-state index < -0.39 is 6.04 Å². The summed E-state index contributed by atoms with van der Waals surface area (Å²) in [6, 6.07) is 2.69. The molecule has 0 heterocycles. The lowest BCUT2D eigenvalue weighted by Gasteiger charge is -2.14. The lowest BCUT2D eigenvalue weighted by molar-refractivity contribution is 0.264. The molecule has 0 spiro atoms. The van der Waals surface area contributed by atoms with E-state index in [1.807, 2.05) is 0 Å². The van der Waals surface area contributed by atoms with Gasteiger partial charge in [0.2, 0.25) is 0 Å². The van der Waals surface area contributed by atoms with Crippen LogP contribution in [0.1, 0.15) is 17.2 Å². The van der Waals surface area contributed by atoms with Crippen molar-refractivity contribution in [2.45, 2.75) is 13.0 Å². The molecule has 1 unspecified atom stereocenters. The van der Waals surface area contributed by atoms with Crippen molar-refractivity contribution in [1.29, 1.82) is 0 Å². The largest absolute Gasteiger partial charge is 0.508 e. The van der Waals surface area contributed by atoms with Gasteiger partial charge in [-0.2, -0.15) is 0 Å². The monoisotopic (exact) mass is 197 g/mol. The van der Waals surface area contributed by atoms with Gasteiger partial charge in [-0.25, -0.2) is 0 Å². The van der Waals surface area contributed by atoms with Crippen molar-refractivity contribution in [3.8, 4) is 11.5 Å². The minimum Gasteiger partial charge on any atom is -0.508 e. The van der Waals surface area contributed by atoms with Crippen molar-refractivity contribution >= 4 is 0 Å². The molecule has 0 aliphatic heterocycles. The summed E-state index contributed by atoms with van der Waals surface area (Å²) in [4.78, 5) is 0. The number of ether oxygens (including phenoxy) is 1. The number of aromatic hydroxyl groups is 1. The Balaban J connectivity index is 3.19. The minimum atomic E-state index is -0.531. The van der Waals surface area contributed by atoms with Crippen LogP contribution in [0.15, 0.2) is 12.1 Å². The number of aliphatic hydroxyl groups excluding tert-OH is 1. The molecular weight excluding hydrogens is 182 g/mol. The average molecular weight is 197 g/mol. The van der Waals surface area contributed by atoms with Crippen LogP contribution >= 0.6 is 0 Å². The molecule has 1 aromatic rings. The average Bonchev–Trinajstić information content (AvgIpc) is 2.20. The van der Waals surface area contributed by atoms with Gasteiger partial charge >= 0.3 is 0 Å². The van der Waals surface area contributed by atoms with E-state index in [0.29, 0.717) is 11.3 Å². The van der Waals surface area contributed by atoms with E-state index in [9.17, 15) is 5.11 Å². The van der Waals surface area contributed by atoms with Crippen LogP contribution in [0, 0.1) is 6.92 Å². The number of phenolic OH excluding ortho intramolecular Hbond substituents is 1. The summed E-state index contributed by atoms with van der Waals surface area (Å²) in [6.45, 7) is 1.59. The highest BCUT2D eigenvalue weighted by molar-refractivity contribution is 5.46. The van der Waals surface area contributed by atoms with Gasteiger partial charge in [0.05, 0.1) is 19.8 Å². The standard InChI is InChI=1S/C10H15NO3/c1-6-3-10(14-2)7(4-9(6)13)8(11)5-12/h3-4,8,12-13H,5,11H2,1-2H3. The van der Waals surface area contributed by atoms with E-state index in [0.717, 1.165) is 5.56 Å². The van der Waals surface area contributed by atoms with Gasteiger partial charge in [0.15, 0.2) is 0 Å². The van der Waals surface area contributed by atoms with Crippen molar-refractivity contribution in [3.05, 3.63) is 23.3 Å². The van der Waals surface area contributed by atoms with E-state index >= 15 is 0 Å². The fraction of sp³-hybridized carbons (Fsp3) is 0.400. The zero-order valence-electron chi connectivity index (χ0n) is 8.32. The first-order valence-electron chi connectivity index (χ1n) is 4.34. The maximum absolute atomic E-state index is 9.47. The van der Waals surface area contributed by atoms with Gasteiger partial charge in [-0.05, 0) is 24.6 Å². The predicted molar refractivity (Wildman–Crippen MR) is 53.4 cm³/mol. The van der Waals surface area contributed by atoms with E-state index in [1.165, 1.54) is 13.2 Å². The zero-order valence-corrected chi connectivity index (χ0v) is 8.32. The summed E-state index contributed by atoms with van der Waals surface area (Å²) in [6.07, 6.45) is 0. The lowest BCUT2D eigenvalue weighted by Crippen LogP contribution is -2.15. The summed E-state index contributed by atoms with van der Waals surface area (Å²) < 4.78 is 5.10. The first kappa shape index (κ1) is 10.8. The molecule has 78 valence electrons. The van der Waals surface area contributed by atoms with Crippen LogP contribution in [0.4, 0.5) is 0 Å². The molecule has 4 nitrogen and oxygen atoms in total. The van der Waals surface area contributed by atoms with Crippen LogP contribution in [0.2, 0.25) is 0 Å². The molecule has 0 saturated heterocycles. The smallest absolute Gasteiger partial charge is 0.124 e. The van der Waals surface area contributed by atoms with Gasteiger partial charge in [0.1, 0.15) is 11.5 Å². The Bertz CT molecular complexity index is 325. The molecule has 0 bridgehead atoms. The number of rotatable bonds is 3. The molecule has 0 fully saturated rings. The van der Waals surface area contributed by atoms with Gasteiger partial charge < -0.3 is 20.7 Å². The van der Waals surface area contributed by atoms with Crippen LogP contribution in [0.25, 0.3) is 0 Å². The molecule has 0 aliphatic rings. The SMILES string of the molecule is COc1cc(C)c(O)cc1C(N)CO. The molecule has 14 heavy (non-hydrogen) atoms. The maximum atomic E-state index is 9.47. The summed E-state index contributed by atoms with van der Waals surface area (Å²) in [5, 5.41) is 18.4. The summed E-state index contributed by atoms with van der Waals surface area (Å²) in [5.74, 6) is 0.742. The molecule has 0 radical (unpaired) electrons.